The van der Waals surface area contributed by atoms with Gasteiger partial charge < -0.3 is 5.32 Å². The van der Waals surface area contributed by atoms with Crippen LogP contribution in [0.1, 0.15) is 12.5 Å². The number of nitrogens with one attached hydrogen (secondary N) is 1. The second-order valence-corrected chi connectivity index (χ2v) is 4.26. The molecule has 0 amide bonds. The molecule has 0 unspecified atom stereocenters. The van der Waals surface area contributed by atoms with Crippen molar-refractivity contribution in [3.63, 3.8) is 0 Å². The zero-order valence-electron chi connectivity index (χ0n) is 8.43. The maximum atomic E-state index is 12.4. The van der Waals surface area contributed by atoms with Crippen LogP contribution in [0.2, 0.25) is 0 Å². The van der Waals surface area contributed by atoms with E-state index >= 15 is 0 Å². The number of aromatic nitrogens is 1. The van der Waals surface area contributed by atoms with E-state index in [4.69, 9.17) is 0 Å². The van der Waals surface area contributed by atoms with Gasteiger partial charge in [-0.3, -0.25) is 0 Å². The highest BCUT2D eigenvalue weighted by Gasteiger charge is 2.30. The summed E-state index contributed by atoms with van der Waals surface area (Å²) in [6.07, 6.45) is -4.31. The van der Waals surface area contributed by atoms with E-state index in [9.17, 15) is 13.2 Å². The molecule has 1 heterocycles. The van der Waals surface area contributed by atoms with Gasteiger partial charge in [0.25, 0.3) is 0 Å². The van der Waals surface area contributed by atoms with Gasteiger partial charge in [-0.25, -0.2) is 4.98 Å². The average Bonchev–Trinajstić information content (AvgIpc) is 2.57. The number of alkyl halides is 3. The summed E-state index contributed by atoms with van der Waals surface area (Å²) in [5.41, 5.74) is -0.274. The van der Waals surface area contributed by atoms with E-state index < -0.39 is 11.7 Å². The molecular weight excluding hydrogens is 237 g/mol. The molecule has 1 aromatic carbocycles. The first-order chi connectivity index (χ1) is 7.50. The van der Waals surface area contributed by atoms with Gasteiger partial charge in [-0.15, -0.1) is 0 Å². The van der Waals surface area contributed by atoms with E-state index in [2.05, 4.69) is 10.3 Å². The molecule has 16 heavy (non-hydrogen) atoms. The molecule has 2 aromatic rings. The van der Waals surface area contributed by atoms with Gasteiger partial charge in [0, 0.05) is 6.54 Å². The average molecular weight is 246 g/mol. The Labute approximate surface area is 94.1 Å². The van der Waals surface area contributed by atoms with Crippen molar-refractivity contribution in [1.82, 2.24) is 4.98 Å². The van der Waals surface area contributed by atoms with Gasteiger partial charge in [-0.2, -0.15) is 13.2 Å². The monoisotopic (exact) mass is 246 g/mol. The van der Waals surface area contributed by atoms with Gasteiger partial charge in [-0.05, 0) is 25.1 Å². The number of hydrogen-bond donors (Lipinski definition) is 1. The molecule has 1 N–H and O–H groups in total. The van der Waals surface area contributed by atoms with Crippen LogP contribution in [-0.4, -0.2) is 11.5 Å². The minimum absolute atomic E-state index is 0.385. The topological polar surface area (TPSA) is 24.9 Å². The van der Waals surface area contributed by atoms with Crippen LogP contribution in [0.3, 0.4) is 0 Å². The number of thiazole rings is 1. The Morgan fingerprint density at radius 2 is 2.12 bits per heavy atom. The van der Waals surface area contributed by atoms with Crippen molar-refractivity contribution in [3.8, 4) is 0 Å². The largest absolute Gasteiger partial charge is 0.416 e. The van der Waals surface area contributed by atoms with Gasteiger partial charge in [0.15, 0.2) is 5.13 Å². The molecule has 0 spiro atoms. The quantitative estimate of drug-likeness (QED) is 0.873. The summed E-state index contributed by atoms with van der Waals surface area (Å²) in [5, 5.41) is 3.63. The summed E-state index contributed by atoms with van der Waals surface area (Å²) < 4.78 is 38.0. The molecule has 0 bridgehead atoms. The van der Waals surface area contributed by atoms with Crippen molar-refractivity contribution in [2.75, 3.05) is 11.9 Å². The summed E-state index contributed by atoms with van der Waals surface area (Å²) >= 11 is 1.35. The van der Waals surface area contributed by atoms with E-state index in [-0.39, 0.29) is 0 Å². The molecule has 0 aliphatic carbocycles. The van der Waals surface area contributed by atoms with Crippen molar-refractivity contribution in [2.45, 2.75) is 13.1 Å². The summed E-state index contributed by atoms with van der Waals surface area (Å²) in [7, 11) is 0. The zero-order valence-corrected chi connectivity index (χ0v) is 9.25. The van der Waals surface area contributed by atoms with Crippen LogP contribution in [0.5, 0.6) is 0 Å². The molecule has 2 rings (SSSR count). The molecule has 1 aromatic heterocycles. The zero-order chi connectivity index (χ0) is 11.8. The molecule has 0 radical (unpaired) electrons. The number of benzene rings is 1. The lowest BCUT2D eigenvalue weighted by Gasteiger charge is -2.04. The van der Waals surface area contributed by atoms with E-state index in [1.54, 1.807) is 0 Å². The smallest absolute Gasteiger partial charge is 0.362 e. The molecule has 0 fully saturated rings. The lowest BCUT2D eigenvalue weighted by atomic mass is 10.2. The van der Waals surface area contributed by atoms with Crippen molar-refractivity contribution in [3.05, 3.63) is 23.8 Å². The molecular formula is C10H9F3N2S. The third-order valence-corrected chi connectivity index (χ3v) is 3.04. The Morgan fingerprint density at radius 1 is 1.38 bits per heavy atom. The van der Waals surface area contributed by atoms with Crippen molar-refractivity contribution >= 4 is 26.7 Å². The summed E-state index contributed by atoms with van der Waals surface area (Å²) in [4.78, 5) is 4.08. The van der Waals surface area contributed by atoms with E-state index in [1.807, 2.05) is 6.92 Å². The minimum atomic E-state index is -4.31. The van der Waals surface area contributed by atoms with Crippen LogP contribution >= 0.6 is 11.3 Å². The number of nitrogens with zero attached hydrogens (tertiary/aromatic N) is 1. The van der Waals surface area contributed by atoms with E-state index in [0.717, 1.165) is 16.8 Å². The maximum Gasteiger partial charge on any atom is 0.416 e. The fourth-order valence-electron chi connectivity index (χ4n) is 1.33. The molecule has 86 valence electrons. The van der Waals surface area contributed by atoms with Crippen LogP contribution in [0.4, 0.5) is 18.3 Å². The first kappa shape index (κ1) is 11.2. The van der Waals surface area contributed by atoms with Gasteiger partial charge in [0.05, 0.1) is 15.8 Å². The van der Waals surface area contributed by atoms with Crippen LogP contribution in [-0.2, 0) is 6.18 Å². The molecule has 0 atom stereocenters. The van der Waals surface area contributed by atoms with Crippen molar-refractivity contribution in [1.29, 1.82) is 0 Å². The standard InChI is InChI=1S/C10H9F3N2S/c1-2-14-9-15-7-5-6(10(11,12)13)3-4-8(7)16-9/h3-5H,2H2,1H3,(H,14,15). The Kier molecular flexibility index (Phi) is 2.75. The van der Waals surface area contributed by atoms with E-state index in [0.29, 0.717) is 17.2 Å². The summed E-state index contributed by atoms with van der Waals surface area (Å²) in [5.74, 6) is 0. The van der Waals surface area contributed by atoms with Gasteiger partial charge in [-0.1, -0.05) is 11.3 Å². The number of fused-ring (bicyclic) bond motifs is 1. The van der Waals surface area contributed by atoms with Gasteiger partial charge >= 0.3 is 6.18 Å². The normalized spacial score (nSPS) is 12.0. The summed E-state index contributed by atoms with van der Waals surface area (Å²) in [6.45, 7) is 2.61. The third-order valence-electron chi connectivity index (χ3n) is 2.04. The Morgan fingerprint density at radius 3 is 2.75 bits per heavy atom. The number of hydrogen-bond acceptors (Lipinski definition) is 3. The molecule has 0 saturated carbocycles. The molecule has 0 aliphatic heterocycles. The highest BCUT2D eigenvalue weighted by Crippen LogP contribution is 2.33. The van der Waals surface area contributed by atoms with Crippen molar-refractivity contribution in [2.24, 2.45) is 0 Å². The first-order valence-electron chi connectivity index (χ1n) is 4.72. The van der Waals surface area contributed by atoms with E-state index in [1.165, 1.54) is 17.4 Å². The lowest BCUT2D eigenvalue weighted by Crippen LogP contribution is -2.04. The summed E-state index contributed by atoms with van der Waals surface area (Å²) in [6, 6.07) is 3.61. The number of halogens is 3. The lowest BCUT2D eigenvalue weighted by molar-refractivity contribution is -0.137. The van der Waals surface area contributed by atoms with Gasteiger partial charge in [0.1, 0.15) is 0 Å². The molecule has 6 heteroatoms. The van der Waals surface area contributed by atoms with Crippen LogP contribution < -0.4 is 5.32 Å². The third kappa shape index (κ3) is 2.11. The second-order valence-electron chi connectivity index (χ2n) is 3.23. The van der Waals surface area contributed by atoms with Crippen LogP contribution in [0, 0.1) is 0 Å². The Hall–Kier alpha value is -1.30. The first-order valence-corrected chi connectivity index (χ1v) is 5.54. The second kappa shape index (κ2) is 3.93. The fourth-order valence-corrected chi connectivity index (χ4v) is 2.24. The molecule has 2 nitrogen and oxygen atoms in total. The maximum absolute atomic E-state index is 12.4. The SMILES string of the molecule is CCNc1nc2cc(C(F)(F)F)ccc2s1. The predicted molar refractivity (Wildman–Crippen MR) is 58.8 cm³/mol. The van der Waals surface area contributed by atoms with Crippen LogP contribution in [0.15, 0.2) is 18.2 Å². The fraction of sp³-hybridized carbons (Fsp3) is 0.300. The minimum Gasteiger partial charge on any atom is -0.362 e. The Bertz CT molecular complexity index is 504. The van der Waals surface area contributed by atoms with Crippen molar-refractivity contribution < 1.29 is 13.2 Å². The highest BCUT2D eigenvalue weighted by atomic mass is 32.1. The molecule has 0 aliphatic rings. The van der Waals surface area contributed by atoms with Gasteiger partial charge in [0.2, 0.25) is 0 Å². The number of anilines is 1. The highest BCUT2D eigenvalue weighted by molar-refractivity contribution is 7.22. The molecule has 0 saturated heterocycles. The number of rotatable bonds is 2. The Balaban J connectivity index is 2.46. The van der Waals surface area contributed by atoms with Crippen LogP contribution in [0.25, 0.3) is 10.2 Å². The predicted octanol–water partition coefficient (Wildman–Crippen LogP) is 3.75.